The number of alkyl halides is 3. The Morgan fingerprint density at radius 2 is 1.61 bits per heavy atom. The highest BCUT2D eigenvalue weighted by atomic mass is 32.2. The minimum atomic E-state index is -4.83. The van der Waals surface area contributed by atoms with Gasteiger partial charge in [0.15, 0.2) is 0 Å². The van der Waals surface area contributed by atoms with Crippen LogP contribution in [0.3, 0.4) is 0 Å². The summed E-state index contributed by atoms with van der Waals surface area (Å²) in [6, 6.07) is 13.1. The van der Waals surface area contributed by atoms with Crippen molar-refractivity contribution in [1.29, 1.82) is 0 Å². The molecular formula is C19H21F3N2O3S. The second-order valence-electron chi connectivity index (χ2n) is 6.62. The Labute approximate surface area is 162 Å². The highest BCUT2D eigenvalue weighted by molar-refractivity contribution is 7.89. The van der Waals surface area contributed by atoms with E-state index in [2.05, 4.69) is 14.8 Å². The second-order valence-corrected chi connectivity index (χ2v) is 8.33. The zero-order chi connectivity index (χ0) is 20.2. The third kappa shape index (κ3) is 5.46. The van der Waals surface area contributed by atoms with Gasteiger partial charge in [-0.05, 0) is 61.7 Å². The molecule has 0 aromatic heterocycles. The van der Waals surface area contributed by atoms with Crippen molar-refractivity contribution in [3.05, 3.63) is 60.2 Å². The van der Waals surface area contributed by atoms with Crippen molar-refractivity contribution in [2.75, 3.05) is 13.1 Å². The summed E-state index contributed by atoms with van der Waals surface area (Å²) in [7, 11) is -3.92. The van der Waals surface area contributed by atoms with Gasteiger partial charge in [0.2, 0.25) is 10.0 Å². The lowest BCUT2D eigenvalue weighted by Crippen LogP contribution is -2.38. The topological polar surface area (TPSA) is 67.4 Å². The number of rotatable bonds is 6. The molecule has 152 valence electrons. The quantitative estimate of drug-likeness (QED) is 0.758. The maximum atomic E-state index is 12.9. The predicted molar refractivity (Wildman–Crippen MR) is 98.2 cm³/mol. The normalized spacial score (nSPS) is 17.2. The van der Waals surface area contributed by atoms with Crippen molar-refractivity contribution in [3.8, 4) is 5.75 Å². The van der Waals surface area contributed by atoms with Gasteiger partial charge in [-0.15, -0.1) is 13.2 Å². The number of hydrogen-bond acceptors (Lipinski definition) is 4. The van der Waals surface area contributed by atoms with Gasteiger partial charge in [-0.2, -0.15) is 0 Å². The van der Waals surface area contributed by atoms with Crippen LogP contribution < -0.4 is 14.8 Å². The van der Waals surface area contributed by atoms with Gasteiger partial charge in [0.1, 0.15) is 5.75 Å². The van der Waals surface area contributed by atoms with Crippen LogP contribution in [0.2, 0.25) is 0 Å². The monoisotopic (exact) mass is 414 g/mol. The summed E-state index contributed by atoms with van der Waals surface area (Å²) in [6.07, 6.45) is -3.19. The molecule has 1 heterocycles. The Kier molecular flexibility index (Phi) is 6.26. The van der Waals surface area contributed by atoms with Gasteiger partial charge < -0.3 is 10.1 Å². The molecule has 1 fully saturated rings. The minimum Gasteiger partial charge on any atom is -0.406 e. The number of halogens is 3. The summed E-state index contributed by atoms with van der Waals surface area (Å²) >= 11 is 0. The standard InChI is InChI=1S/C19H21F3N2O3S/c20-19(21,22)27-16-6-8-17(9-7-16)28(25,26)24-18(14-4-2-1-3-5-14)15-10-12-23-13-11-15/h1-9,15,18,23-24H,10-13H2/t18-/m1/s1. The van der Waals surface area contributed by atoms with E-state index in [1.165, 1.54) is 0 Å². The fourth-order valence-corrected chi connectivity index (χ4v) is 4.62. The van der Waals surface area contributed by atoms with Gasteiger partial charge in [-0.1, -0.05) is 30.3 Å². The molecule has 5 nitrogen and oxygen atoms in total. The summed E-state index contributed by atoms with van der Waals surface area (Å²) in [6.45, 7) is 1.61. The average Bonchev–Trinajstić information content (AvgIpc) is 2.67. The Morgan fingerprint density at radius 1 is 1.00 bits per heavy atom. The van der Waals surface area contributed by atoms with Crippen LogP contribution in [0.15, 0.2) is 59.5 Å². The Bertz CT molecular complexity index is 866. The molecule has 2 aromatic rings. The highest BCUT2D eigenvalue weighted by Gasteiger charge is 2.32. The Balaban J connectivity index is 1.82. The molecule has 0 radical (unpaired) electrons. The van der Waals surface area contributed by atoms with E-state index in [1.54, 1.807) is 0 Å². The fourth-order valence-electron chi connectivity index (χ4n) is 3.33. The van der Waals surface area contributed by atoms with Crippen LogP contribution in [-0.4, -0.2) is 27.9 Å². The molecule has 0 spiro atoms. The molecule has 1 atom stereocenters. The number of hydrogen-bond donors (Lipinski definition) is 2. The second kappa shape index (κ2) is 8.50. The van der Waals surface area contributed by atoms with Crippen molar-refractivity contribution in [1.82, 2.24) is 10.0 Å². The van der Waals surface area contributed by atoms with E-state index < -0.39 is 28.2 Å². The molecule has 0 saturated carbocycles. The number of piperidine rings is 1. The first-order chi connectivity index (χ1) is 13.2. The zero-order valence-corrected chi connectivity index (χ0v) is 15.8. The van der Waals surface area contributed by atoms with Crippen LogP contribution in [-0.2, 0) is 10.0 Å². The van der Waals surface area contributed by atoms with E-state index >= 15 is 0 Å². The molecule has 0 amide bonds. The minimum absolute atomic E-state index is 0.114. The number of benzene rings is 2. The summed E-state index contributed by atoms with van der Waals surface area (Å²) in [5, 5.41) is 3.26. The molecule has 1 aliphatic heterocycles. The smallest absolute Gasteiger partial charge is 0.406 e. The lowest BCUT2D eigenvalue weighted by atomic mass is 9.87. The Hall–Kier alpha value is -2.10. The zero-order valence-electron chi connectivity index (χ0n) is 14.9. The van der Waals surface area contributed by atoms with Crippen LogP contribution in [0.25, 0.3) is 0 Å². The van der Waals surface area contributed by atoms with Gasteiger partial charge >= 0.3 is 6.36 Å². The van der Waals surface area contributed by atoms with E-state index in [-0.39, 0.29) is 10.8 Å². The number of nitrogens with one attached hydrogen (secondary N) is 2. The first-order valence-electron chi connectivity index (χ1n) is 8.88. The van der Waals surface area contributed by atoms with E-state index in [1.807, 2.05) is 30.3 Å². The van der Waals surface area contributed by atoms with Crippen LogP contribution in [0.1, 0.15) is 24.4 Å². The molecule has 0 bridgehead atoms. The van der Waals surface area contributed by atoms with Gasteiger partial charge in [0.25, 0.3) is 0 Å². The van der Waals surface area contributed by atoms with Gasteiger partial charge in [0, 0.05) is 6.04 Å². The molecular weight excluding hydrogens is 393 g/mol. The van der Waals surface area contributed by atoms with Crippen LogP contribution in [0.4, 0.5) is 13.2 Å². The number of sulfonamides is 1. The molecule has 28 heavy (non-hydrogen) atoms. The van der Waals surface area contributed by atoms with Crippen LogP contribution in [0.5, 0.6) is 5.75 Å². The van der Waals surface area contributed by atoms with Crippen molar-refractivity contribution in [3.63, 3.8) is 0 Å². The van der Waals surface area contributed by atoms with Crippen LogP contribution >= 0.6 is 0 Å². The summed E-state index contributed by atoms with van der Waals surface area (Å²) in [4.78, 5) is -0.114. The first-order valence-corrected chi connectivity index (χ1v) is 10.4. The van der Waals surface area contributed by atoms with Crippen molar-refractivity contribution in [2.24, 2.45) is 5.92 Å². The lowest BCUT2D eigenvalue weighted by Gasteiger charge is -2.31. The van der Waals surface area contributed by atoms with Gasteiger partial charge in [-0.25, -0.2) is 13.1 Å². The van der Waals surface area contributed by atoms with Crippen LogP contribution in [0, 0.1) is 5.92 Å². The van der Waals surface area contributed by atoms with Crippen molar-refractivity contribution >= 4 is 10.0 Å². The van der Waals surface area contributed by atoms with Crippen molar-refractivity contribution < 1.29 is 26.3 Å². The Morgan fingerprint density at radius 3 is 2.18 bits per heavy atom. The third-order valence-electron chi connectivity index (χ3n) is 4.66. The first kappa shape index (κ1) is 20.6. The maximum Gasteiger partial charge on any atom is 0.573 e. The number of ether oxygens (including phenoxy) is 1. The van der Waals surface area contributed by atoms with E-state index in [9.17, 15) is 21.6 Å². The predicted octanol–water partition coefficient (Wildman–Crippen LogP) is 3.60. The summed E-state index contributed by atoms with van der Waals surface area (Å²) in [5.41, 5.74) is 0.856. The third-order valence-corrected chi connectivity index (χ3v) is 6.12. The SMILES string of the molecule is O=S(=O)(N[C@H](c1ccccc1)C1CCNCC1)c1ccc(OC(F)(F)F)cc1. The average molecular weight is 414 g/mol. The molecule has 2 N–H and O–H groups in total. The molecule has 1 aliphatic rings. The highest BCUT2D eigenvalue weighted by Crippen LogP contribution is 2.31. The van der Waals surface area contributed by atoms with Gasteiger partial charge in [-0.3, -0.25) is 0 Å². The van der Waals surface area contributed by atoms with Gasteiger partial charge in [0.05, 0.1) is 4.90 Å². The maximum absolute atomic E-state index is 12.9. The largest absolute Gasteiger partial charge is 0.573 e. The molecule has 3 rings (SSSR count). The van der Waals surface area contributed by atoms with Crippen molar-refractivity contribution in [2.45, 2.75) is 30.1 Å². The fraction of sp³-hybridized carbons (Fsp3) is 0.368. The molecule has 0 aliphatic carbocycles. The molecule has 2 aromatic carbocycles. The summed E-state index contributed by atoms with van der Waals surface area (Å²) < 4.78 is 69.1. The lowest BCUT2D eigenvalue weighted by molar-refractivity contribution is -0.274. The molecule has 9 heteroatoms. The van der Waals surface area contributed by atoms with E-state index in [4.69, 9.17) is 0 Å². The van der Waals surface area contributed by atoms with E-state index in [0.29, 0.717) is 0 Å². The molecule has 0 unspecified atom stereocenters. The van der Waals surface area contributed by atoms with E-state index in [0.717, 1.165) is 55.8 Å². The molecule has 1 saturated heterocycles. The summed E-state index contributed by atoms with van der Waals surface area (Å²) in [5.74, 6) is -0.351.